The second-order valence-electron chi connectivity index (χ2n) is 5.40. The fraction of sp³-hybridized carbons (Fsp3) is 0.188. The van der Waals surface area contributed by atoms with Crippen LogP contribution in [-0.2, 0) is 0 Å². The van der Waals surface area contributed by atoms with Crippen molar-refractivity contribution in [2.75, 3.05) is 5.73 Å². The number of anilines is 1. The van der Waals surface area contributed by atoms with Gasteiger partial charge in [0.05, 0.1) is 11.0 Å². The van der Waals surface area contributed by atoms with Crippen molar-refractivity contribution in [3.8, 4) is 11.4 Å². The summed E-state index contributed by atoms with van der Waals surface area (Å²) in [6.45, 7) is 0. The average molecular weight is 346 g/mol. The molecular weight excluding hydrogens is 333 g/mol. The normalized spacial score (nSPS) is 14.8. The largest absolute Gasteiger partial charge is 0.398 e. The third kappa shape index (κ3) is 2.12. The second kappa shape index (κ2) is 4.56. The van der Waals surface area contributed by atoms with E-state index in [1.54, 1.807) is 6.07 Å². The van der Waals surface area contributed by atoms with E-state index in [9.17, 15) is 4.39 Å². The van der Waals surface area contributed by atoms with Gasteiger partial charge in [0.25, 0.3) is 0 Å². The van der Waals surface area contributed by atoms with Gasteiger partial charge in [-0.25, -0.2) is 9.37 Å². The minimum atomic E-state index is -0.296. The SMILES string of the molecule is Nc1ccc(F)cc1-c1nc2cc(Br)ccc2n1C1CC1. The molecule has 1 saturated carbocycles. The number of benzene rings is 2. The van der Waals surface area contributed by atoms with Gasteiger partial charge >= 0.3 is 0 Å². The Bertz CT molecular complexity index is 852. The van der Waals surface area contributed by atoms with Crippen molar-refractivity contribution in [3.05, 3.63) is 46.7 Å². The Morgan fingerprint density at radius 2 is 2.00 bits per heavy atom. The fourth-order valence-electron chi connectivity index (χ4n) is 2.69. The van der Waals surface area contributed by atoms with E-state index in [0.717, 1.165) is 34.2 Å². The standard InChI is InChI=1S/C16H13BrFN3/c17-9-1-6-15-14(7-9)20-16(21(15)11-3-4-11)12-8-10(18)2-5-13(12)19/h1-2,5-8,11H,3-4,19H2. The maximum atomic E-state index is 13.6. The van der Waals surface area contributed by atoms with Crippen molar-refractivity contribution < 1.29 is 4.39 Å². The summed E-state index contributed by atoms with van der Waals surface area (Å²) in [6.07, 6.45) is 2.26. The van der Waals surface area contributed by atoms with E-state index in [1.807, 2.05) is 18.2 Å². The Labute approximate surface area is 129 Å². The van der Waals surface area contributed by atoms with Gasteiger partial charge in [-0.3, -0.25) is 0 Å². The molecule has 4 rings (SSSR count). The predicted octanol–water partition coefficient (Wildman–Crippen LogP) is 4.52. The number of fused-ring (bicyclic) bond motifs is 1. The van der Waals surface area contributed by atoms with E-state index >= 15 is 0 Å². The van der Waals surface area contributed by atoms with Crippen molar-refractivity contribution >= 4 is 32.7 Å². The first kappa shape index (κ1) is 12.8. The third-order valence-corrected chi connectivity index (χ3v) is 4.31. The van der Waals surface area contributed by atoms with Gasteiger partial charge in [-0.1, -0.05) is 15.9 Å². The number of hydrogen-bond acceptors (Lipinski definition) is 2. The zero-order chi connectivity index (χ0) is 14.6. The molecule has 1 heterocycles. The van der Waals surface area contributed by atoms with Gasteiger partial charge in [0, 0.05) is 21.8 Å². The first-order chi connectivity index (χ1) is 10.1. The molecule has 3 aromatic rings. The van der Waals surface area contributed by atoms with Crippen molar-refractivity contribution in [3.63, 3.8) is 0 Å². The Balaban J connectivity index is 2.03. The van der Waals surface area contributed by atoms with Crippen LogP contribution in [0, 0.1) is 5.82 Å². The van der Waals surface area contributed by atoms with E-state index in [0.29, 0.717) is 17.3 Å². The summed E-state index contributed by atoms with van der Waals surface area (Å²) in [5.74, 6) is 0.456. The topological polar surface area (TPSA) is 43.8 Å². The van der Waals surface area contributed by atoms with Crippen LogP contribution in [0.15, 0.2) is 40.9 Å². The van der Waals surface area contributed by atoms with Gasteiger partial charge in [0.2, 0.25) is 0 Å². The summed E-state index contributed by atoms with van der Waals surface area (Å²) in [5.41, 5.74) is 9.21. The molecular formula is C16H13BrFN3. The fourth-order valence-corrected chi connectivity index (χ4v) is 3.04. The molecule has 1 aromatic heterocycles. The molecule has 0 spiro atoms. The monoisotopic (exact) mass is 345 g/mol. The molecule has 0 bridgehead atoms. The van der Waals surface area contributed by atoms with E-state index in [1.165, 1.54) is 12.1 Å². The molecule has 2 aromatic carbocycles. The first-order valence-electron chi connectivity index (χ1n) is 6.86. The van der Waals surface area contributed by atoms with Crippen LogP contribution in [0.5, 0.6) is 0 Å². The molecule has 1 aliphatic rings. The second-order valence-corrected chi connectivity index (χ2v) is 6.32. The maximum absolute atomic E-state index is 13.6. The molecule has 2 N–H and O–H groups in total. The van der Waals surface area contributed by atoms with Gasteiger partial charge in [0.15, 0.2) is 0 Å². The van der Waals surface area contributed by atoms with Gasteiger partial charge in [-0.05, 0) is 49.2 Å². The molecule has 1 fully saturated rings. The number of nitrogens with zero attached hydrogens (tertiary/aromatic N) is 2. The van der Waals surface area contributed by atoms with Crippen molar-refractivity contribution in [2.24, 2.45) is 0 Å². The van der Waals surface area contributed by atoms with Crippen molar-refractivity contribution in [1.29, 1.82) is 0 Å². The van der Waals surface area contributed by atoms with Gasteiger partial charge in [-0.2, -0.15) is 0 Å². The van der Waals surface area contributed by atoms with Crippen LogP contribution in [0.3, 0.4) is 0 Å². The van der Waals surface area contributed by atoms with Crippen LogP contribution in [0.25, 0.3) is 22.4 Å². The summed E-state index contributed by atoms with van der Waals surface area (Å²) in [6, 6.07) is 10.9. The van der Waals surface area contributed by atoms with Crippen LogP contribution in [0.1, 0.15) is 18.9 Å². The lowest BCUT2D eigenvalue weighted by Gasteiger charge is -2.09. The zero-order valence-electron chi connectivity index (χ0n) is 11.2. The summed E-state index contributed by atoms with van der Waals surface area (Å²) >= 11 is 3.47. The van der Waals surface area contributed by atoms with Crippen LogP contribution in [0.4, 0.5) is 10.1 Å². The highest BCUT2D eigenvalue weighted by Crippen LogP contribution is 2.42. The molecule has 106 valence electrons. The van der Waals surface area contributed by atoms with Crippen molar-refractivity contribution in [1.82, 2.24) is 9.55 Å². The molecule has 0 radical (unpaired) electrons. The Morgan fingerprint density at radius 1 is 1.19 bits per heavy atom. The first-order valence-corrected chi connectivity index (χ1v) is 7.65. The molecule has 0 saturated heterocycles. The highest BCUT2D eigenvalue weighted by molar-refractivity contribution is 9.10. The highest BCUT2D eigenvalue weighted by atomic mass is 79.9. The minimum Gasteiger partial charge on any atom is -0.398 e. The third-order valence-electron chi connectivity index (χ3n) is 3.82. The van der Waals surface area contributed by atoms with Crippen LogP contribution in [-0.4, -0.2) is 9.55 Å². The summed E-state index contributed by atoms with van der Waals surface area (Å²) in [7, 11) is 0. The van der Waals surface area contributed by atoms with Gasteiger partial charge < -0.3 is 10.3 Å². The summed E-state index contributed by atoms with van der Waals surface area (Å²) < 4.78 is 16.8. The van der Waals surface area contributed by atoms with Crippen LogP contribution >= 0.6 is 15.9 Å². The van der Waals surface area contributed by atoms with Crippen LogP contribution < -0.4 is 5.73 Å². The van der Waals surface area contributed by atoms with E-state index < -0.39 is 0 Å². The number of nitrogen functional groups attached to an aromatic ring is 1. The molecule has 21 heavy (non-hydrogen) atoms. The molecule has 3 nitrogen and oxygen atoms in total. The van der Waals surface area contributed by atoms with Crippen molar-refractivity contribution in [2.45, 2.75) is 18.9 Å². The number of imidazole rings is 1. The predicted molar refractivity (Wildman–Crippen MR) is 85.5 cm³/mol. The minimum absolute atomic E-state index is 0.296. The zero-order valence-corrected chi connectivity index (χ0v) is 12.8. The number of halogens is 2. The summed E-state index contributed by atoms with van der Waals surface area (Å²) in [5, 5.41) is 0. The number of hydrogen-bond donors (Lipinski definition) is 1. The molecule has 0 amide bonds. The number of rotatable bonds is 2. The molecule has 0 atom stereocenters. The highest BCUT2D eigenvalue weighted by Gasteiger charge is 2.29. The Kier molecular flexibility index (Phi) is 2.79. The molecule has 0 aliphatic heterocycles. The maximum Gasteiger partial charge on any atom is 0.143 e. The number of aromatic nitrogens is 2. The Morgan fingerprint density at radius 3 is 2.76 bits per heavy atom. The summed E-state index contributed by atoms with van der Waals surface area (Å²) in [4.78, 5) is 4.69. The van der Waals surface area contributed by atoms with E-state index in [4.69, 9.17) is 10.7 Å². The quantitative estimate of drug-likeness (QED) is 0.693. The van der Waals surface area contributed by atoms with Gasteiger partial charge in [-0.15, -0.1) is 0 Å². The molecule has 5 heteroatoms. The van der Waals surface area contributed by atoms with E-state index in [-0.39, 0.29) is 5.82 Å². The average Bonchev–Trinajstić information content (AvgIpc) is 3.22. The van der Waals surface area contributed by atoms with Gasteiger partial charge in [0.1, 0.15) is 11.6 Å². The Hall–Kier alpha value is -1.88. The smallest absolute Gasteiger partial charge is 0.143 e. The molecule has 0 unspecified atom stereocenters. The lowest BCUT2D eigenvalue weighted by molar-refractivity contribution is 0.628. The molecule has 1 aliphatic carbocycles. The lowest BCUT2D eigenvalue weighted by atomic mass is 10.1. The van der Waals surface area contributed by atoms with Crippen LogP contribution in [0.2, 0.25) is 0 Å². The number of nitrogens with two attached hydrogens (primary N) is 1. The lowest BCUT2D eigenvalue weighted by Crippen LogP contribution is -2.00. The van der Waals surface area contributed by atoms with E-state index in [2.05, 4.69) is 20.5 Å².